The van der Waals surface area contributed by atoms with E-state index < -0.39 is 0 Å². The quantitative estimate of drug-likeness (QED) is 0.577. The molecule has 0 unspecified atom stereocenters. The highest BCUT2D eigenvalue weighted by molar-refractivity contribution is 6.37. The number of carbonyl (C=O) groups is 1. The maximum absolute atomic E-state index is 12.5. The molecular weight excluding hydrogens is 383 g/mol. The summed E-state index contributed by atoms with van der Waals surface area (Å²) in [6.45, 7) is 1.97. The number of likely N-dealkylation sites (N-methyl/N-ethyl adjacent to an activating group) is 1. The largest absolute Gasteiger partial charge is 0.335 e. The van der Waals surface area contributed by atoms with Crippen molar-refractivity contribution in [3.63, 3.8) is 0 Å². The van der Waals surface area contributed by atoms with E-state index in [2.05, 4.69) is 10.1 Å². The highest BCUT2D eigenvalue weighted by Crippen LogP contribution is 2.26. The van der Waals surface area contributed by atoms with Gasteiger partial charge in [-0.3, -0.25) is 4.79 Å². The second-order valence-corrected chi connectivity index (χ2v) is 6.84. The molecule has 0 bridgehead atoms. The molecule has 3 aromatic rings. The van der Waals surface area contributed by atoms with E-state index in [4.69, 9.17) is 23.2 Å². The lowest BCUT2D eigenvalue weighted by Crippen LogP contribution is -2.28. The Morgan fingerprint density at radius 2 is 1.81 bits per heavy atom. The summed E-state index contributed by atoms with van der Waals surface area (Å²) in [5.74, 6) is -0.140. The first-order valence-corrected chi connectivity index (χ1v) is 9.07. The maximum Gasteiger partial charge on any atom is 0.246 e. The predicted octanol–water partition coefficient (Wildman–Crippen LogP) is 4.81. The summed E-state index contributed by atoms with van der Waals surface area (Å²) in [5.41, 5.74) is 2.55. The first-order valence-electron chi connectivity index (χ1n) is 8.31. The van der Waals surface area contributed by atoms with Crippen molar-refractivity contribution in [2.24, 2.45) is 0 Å². The molecule has 138 valence electrons. The van der Waals surface area contributed by atoms with E-state index in [1.165, 1.54) is 12.4 Å². The number of aromatic nitrogens is 3. The Hall–Kier alpha value is -2.63. The number of hydrogen-bond acceptors (Lipinski definition) is 3. The number of carbonyl (C=O) groups excluding carboxylic acids is 1. The second-order valence-electron chi connectivity index (χ2n) is 6.03. The van der Waals surface area contributed by atoms with E-state index in [1.807, 2.05) is 31.2 Å². The summed E-state index contributed by atoms with van der Waals surface area (Å²) in [4.78, 5) is 18.1. The molecule has 1 atom stereocenters. The standard InChI is InChI=1S/C20H18Cl2N4O/c1-14(15-6-8-16(9-7-15)26-13-23-12-24-26)25(2)20(27)11-10-17-18(21)4-3-5-19(17)22/h3-14H,1-2H3/b11-10+/t14-/m0/s1. The van der Waals surface area contributed by atoms with Gasteiger partial charge in [0.2, 0.25) is 5.91 Å². The molecule has 2 aromatic carbocycles. The number of nitrogens with zero attached hydrogens (tertiary/aromatic N) is 4. The minimum Gasteiger partial charge on any atom is -0.335 e. The van der Waals surface area contributed by atoms with E-state index in [9.17, 15) is 4.79 Å². The number of amides is 1. The lowest BCUT2D eigenvalue weighted by Gasteiger charge is -2.24. The van der Waals surface area contributed by atoms with Crippen molar-refractivity contribution in [2.75, 3.05) is 7.05 Å². The van der Waals surface area contributed by atoms with Gasteiger partial charge in [-0.05, 0) is 42.8 Å². The Morgan fingerprint density at radius 3 is 2.41 bits per heavy atom. The molecule has 0 spiro atoms. The zero-order chi connectivity index (χ0) is 19.4. The van der Waals surface area contributed by atoms with E-state index in [0.717, 1.165) is 11.3 Å². The Labute approximate surface area is 167 Å². The van der Waals surface area contributed by atoms with Crippen molar-refractivity contribution in [3.05, 3.63) is 82.4 Å². The first kappa shape index (κ1) is 19.1. The van der Waals surface area contributed by atoms with E-state index in [-0.39, 0.29) is 11.9 Å². The van der Waals surface area contributed by atoms with Crippen LogP contribution < -0.4 is 0 Å². The lowest BCUT2D eigenvalue weighted by molar-refractivity contribution is -0.126. The monoisotopic (exact) mass is 400 g/mol. The lowest BCUT2D eigenvalue weighted by atomic mass is 10.1. The van der Waals surface area contributed by atoms with Crippen LogP contribution in [0.3, 0.4) is 0 Å². The number of benzene rings is 2. The zero-order valence-corrected chi connectivity index (χ0v) is 16.4. The van der Waals surface area contributed by atoms with Crippen LogP contribution in [0.5, 0.6) is 0 Å². The first-order chi connectivity index (χ1) is 13.0. The summed E-state index contributed by atoms with van der Waals surface area (Å²) in [5, 5.41) is 5.11. The Morgan fingerprint density at radius 1 is 1.15 bits per heavy atom. The molecule has 0 aliphatic rings. The highest BCUT2D eigenvalue weighted by Gasteiger charge is 2.16. The minimum atomic E-state index is -0.140. The molecule has 27 heavy (non-hydrogen) atoms. The summed E-state index contributed by atoms with van der Waals surface area (Å²) < 4.78 is 1.68. The Bertz CT molecular complexity index is 932. The fourth-order valence-corrected chi connectivity index (χ4v) is 3.13. The molecule has 1 amide bonds. The van der Waals surface area contributed by atoms with Crippen molar-refractivity contribution in [2.45, 2.75) is 13.0 Å². The molecule has 0 fully saturated rings. The van der Waals surface area contributed by atoms with E-state index >= 15 is 0 Å². The van der Waals surface area contributed by atoms with Gasteiger partial charge in [-0.1, -0.05) is 41.4 Å². The third-order valence-corrected chi connectivity index (χ3v) is 5.04. The number of hydrogen-bond donors (Lipinski definition) is 0. The molecule has 0 radical (unpaired) electrons. The Kier molecular flexibility index (Phi) is 5.94. The molecule has 3 rings (SSSR count). The summed E-state index contributed by atoms with van der Waals surface area (Å²) in [6, 6.07) is 13.0. The fourth-order valence-electron chi connectivity index (χ4n) is 2.60. The summed E-state index contributed by atoms with van der Waals surface area (Å²) in [7, 11) is 1.76. The van der Waals surface area contributed by atoms with Gasteiger partial charge in [0.25, 0.3) is 0 Å². The third kappa shape index (κ3) is 4.38. The zero-order valence-electron chi connectivity index (χ0n) is 14.9. The van der Waals surface area contributed by atoms with Crippen LogP contribution in [0, 0.1) is 0 Å². The molecule has 0 aliphatic carbocycles. The summed E-state index contributed by atoms with van der Waals surface area (Å²) in [6.07, 6.45) is 6.25. The molecule has 7 heteroatoms. The molecule has 1 heterocycles. The highest BCUT2D eigenvalue weighted by atomic mass is 35.5. The van der Waals surface area contributed by atoms with E-state index in [0.29, 0.717) is 15.6 Å². The maximum atomic E-state index is 12.5. The third-order valence-electron chi connectivity index (χ3n) is 4.38. The molecule has 5 nitrogen and oxygen atoms in total. The van der Waals surface area contributed by atoms with Crippen molar-refractivity contribution in [3.8, 4) is 5.69 Å². The molecule has 1 aromatic heterocycles. The van der Waals surface area contributed by atoms with Crippen LogP contribution >= 0.6 is 23.2 Å². The molecule has 0 aliphatic heterocycles. The van der Waals surface area contributed by atoms with Crippen LogP contribution in [-0.4, -0.2) is 32.6 Å². The van der Waals surface area contributed by atoms with Gasteiger partial charge in [0.1, 0.15) is 12.7 Å². The molecular formula is C20H18Cl2N4O. The van der Waals surface area contributed by atoms with Crippen LogP contribution in [0.4, 0.5) is 0 Å². The van der Waals surface area contributed by atoms with Crippen molar-refractivity contribution in [1.29, 1.82) is 0 Å². The van der Waals surface area contributed by atoms with Crippen molar-refractivity contribution in [1.82, 2.24) is 19.7 Å². The number of rotatable bonds is 5. The average molecular weight is 401 g/mol. The normalized spacial score (nSPS) is 12.3. The SMILES string of the molecule is C[C@@H](c1ccc(-n2cncn2)cc1)N(C)C(=O)/C=C/c1c(Cl)cccc1Cl. The van der Waals surface area contributed by atoms with Crippen LogP contribution in [0.15, 0.2) is 61.2 Å². The molecule has 0 saturated heterocycles. The average Bonchev–Trinajstić information content (AvgIpc) is 3.21. The van der Waals surface area contributed by atoms with Gasteiger partial charge in [0.05, 0.1) is 11.7 Å². The van der Waals surface area contributed by atoms with Gasteiger partial charge in [0, 0.05) is 28.7 Å². The minimum absolute atomic E-state index is 0.103. The van der Waals surface area contributed by atoms with Crippen LogP contribution in [-0.2, 0) is 4.79 Å². The van der Waals surface area contributed by atoms with Crippen molar-refractivity contribution >= 4 is 35.2 Å². The van der Waals surface area contributed by atoms with E-state index in [1.54, 1.807) is 47.2 Å². The van der Waals surface area contributed by atoms with Gasteiger partial charge >= 0.3 is 0 Å². The predicted molar refractivity (Wildman–Crippen MR) is 108 cm³/mol. The Balaban J connectivity index is 1.72. The topological polar surface area (TPSA) is 51.0 Å². The van der Waals surface area contributed by atoms with Gasteiger partial charge in [-0.15, -0.1) is 0 Å². The van der Waals surface area contributed by atoms with Gasteiger partial charge in [-0.2, -0.15) is 5.10 Å². The van der Waals surface area contributed by atoms with Gasteiger partial charge in [-0.25, -0.2) is 9.67 Å². The summed E-state index contributed by atoms with van der Waals surface area (Å²) >= 11 is 12.3. The van der Waals surface area contributed by atoms with Crippen LogP contribution in [0.1, 0.15) is 24.1 Å². The smallest absolute Gasteiger partial charge is 0.246 e. The number of halogens is 2. The van der Waals surface area contributed by atoms with Gasteiger partial charge in [0.15, 0.2) is 0 Å². The van der Waals surface area contributed by atoms with Gasteiger partial charge < -0.3 is 4.90 Å². The fraction of sp³-hybridized carbons (Fsp3) is 0.150. The molecule has 0 N–H and O–H groups in total. The molecule has 0 saturated carbocycles. The van der Waals surface area contributed by atoms with Crippen molar-refractivity contribution < 1.29 is 4.79 Å². The van der Waals surface area contributed by atoms with Crippen LogP contribution in [0.25, 0.3) is 11.8 Å². The van der Waals surface area contributed by atoms with Crippen LogP contribution in [0.2, 0.25) is 10.0 Å². The second kappa shape index (κ2) is 8.37.